The Morgan fingerprint density at radius 1 is 1.21 bits per heavy atom. The summed E-state index contributed by atoms with van der Waals surface area (Å²) in [5.74, 6) is 1.76. The minimum Gasteiger partial charge on any atom is -0.393 e. The highest BCUT2D eigenvalue weighted by molar-refractivity contribution is 5.77. The van der Waals surface area contributed by atoms with E-state index in [4.69, 9.17) is 0 Å². The van der Waals surface area contributed by atoms with Crippen molar-refractivity contribution in [3.05, 3.63) is 0 Å². The summed E-state index contributed by atoms with van der Waals surface area (Å²) in [6, 6.07) is 1.15. The highest BCUT2D eigenvalue weighted by Crippen LogP contribution is 2.37. The molecule has 0 aliphatic carbocycles. The molecule has 0 saturated carbocycles. The van der Waals surface area contributed by atoms with E-state index in [1.54, 1.807) is 4.90 Å². The predicted octanol–water partition coefficient (Wildman–Crippen LogP) is -0.575. The van der Waals surface area contributed by atoms with Crippen LogP contribution in [0.3, 0.4) is 0 Å². The molecule has 4 rings (SSSR count). The fourth-order valence-electron chi connectivity index (χ4n) is 5.29. The summed E-state index contributed by atoms with van der Waals surface area (Å²) < 4.78 is 0. The van der Waals surface area contributed by atoms with Crippen LogP contribution in [0.15, 0.2) is 0 Å². The van der Waals surface area contributed by atoms with Gasteiger partial charge in [0.25, 0.3) is 0 Å². The molecule has 0 aromatic rings. The van der Waals surface area contributed by atoms with E-state index in [2.05, 4.69) is 4.90 Å². The SMILES string of the molecule is O=C1CCC[C@@H]2[C@H]3C[C@@H](CN12)[C@@H]1C[C@@H](O)CC[NH+]1C3. The summed E-state index contributed by atoms with van der Waals surface area (Å²) in [5.41, 5.74) is 0. The van der Waals surface area contributed by atoms with Crippen LogP contribution in [0.4, 0.5) is 0 Å². The van der Waals surface area contributed by atoms with Crippen LogP contribution in [-0.4, -0.2) is 53.7 Å². The number of piperidine rings is 4. The van der Waals surface area contributed by atoms with Crippen molar-refractivity contribution in [2.75, 3.05) is 19.6 Å². The first-order valence-electron chi connectivity index (χ1n) is 8.04. The summed E-state index contributed by atoms with van der Waals surface area (Å²) in [6.45, 7) is 3.35. The quantitative estimate of drug-likeness (QED) is 0.616. The molecule has 4 nitrogen and oxygen atoms in total. The molecule has 0 radical (unpaired) electrons. The minimum absolute atomic E-state index is 0.0971. The Morgan fingerprint density at radius 2 is 2.11 bits per heavy atom. The fourth-order valence-corrected chi connectivity index (χ4v) is 5.29. The van der Waals surface area contributed by atoms with Crippen LogP contribution in [0.2, 0.25) is 0 Å². The maximum absolute atomic E-state index is 12.2. The second kappa shape index (κ2) is 4.45. The molecule has 4 saturated heterocycles. The van der Waals surface area contributed by atoms with Crippen molar-refractivity contribution >= 4 is 5.91 Å². The molecular formula is C15H25N2O2+. The summed E-state index contributed by atoms with van der Waals surface area (Å²) in [4.78, 5) is 16.1. The van der Waals surface area contributed by atoms with E-state index >= 15 is 0 Å². The number of hydrogen-bond acceptors (Lipinski definition) is 2. The van der Waals surface area contributed by atoms with Crippen LogP contribution in [-0.2, 0) is 4.79 Å². The molecule has 6 atom stereocenters. The second-order valence-corrected chi connectivity index (χ2v) is 7.16. The van der Waals surface area contributed by atoms with Gasteiger partial charge in [-0.15, -0.1) is 0 Å². The normalized spacial score (nSPS) is 49.5. The highest BCUT2D eigenvalue weighted by Gasteiger charge is 2.51. The van der Waals surface area contributed by atoms with Crippen LogP contribution in [0.1, 0.15) is 38.5 Å². The summed E-state index contributed by atoms with van der Waals surface area (Å²) in [5, 5.41) is 9.94. The molecule has 2 N–H and O–H groups in total. The Hall–Kier alpha value is -0.610. The molecule has 4 aliphatic rings. The van der Waals surface area contributed by atoms with Gasteiger partial charge in [0.1, 0.15) is 0 Å². The average molecular weight is 265 g/mol. The molecule has 0 aromatic carbocycles. The average Bonchev–Trinajstić information content (AvgIpc) is 2.41. The van der Waals surface area contributed by atoms with Gasteiger partial charge in [-0.3, -0.25) is 4.79 Å². The molecule has 0 spiro atoms. The van der Waals surface area contributed by atoms with E-state index in [9.17, 15) is 9.90 Å². The van der Waals surface area contributed by atoms with Crippen molar-refractivity contribution < 1.29 is 14.8 Å². The Balaban J connectivity index is 1.58. The van der Waals surface area contributed by atoms with Crippen LogP contribution >= 0.6 is 0 Å². The first kappa shape index (κ1) is 12.2. The Bertz CT molecular complexity index is 386. The lowest BCUT2D eigenvalue weighted by atomic mass is 9.70. The van der Waals surface area contributed by atoms with Crippen molar-refractivity contribution in [2.24, 2.45) is 11.8 Å². The molecule has 4 fully saturated rings. The van der Waals surface area contributed by atoms with Crippen molar-refractivity contribution in [3.63, 3.8) is 0 Å². The van der Waals surface area contributed by atoms with E-state index in [1.165, 1.54) is 19.4 Å². The van der Waals surface area contributed by atoms with Gasteiger partial charge in [-0.2, -0.15) is 0 Å². The zero-order chi connectivity index (χ0) is 13.0. The molecule has 4 heteroatoms. The van der Waals surface area contributed by atoms with Gasteiger partial charge in [-0.1, -0.05) is 0 Å². The van der Waals surface area contributed by atoms with Gasteiger partial charge < -0.3 is 14.9 Å². The van der Waals surface area contributed by atoms with Crippen molar-refractivity contribution in [3.8, 4) is 0 Å². The van der Waals surface area contributed by atoms with E-state index < -0.39 is 0 Å². The molecule has 19 heavy (non-hydrogen) atoms. The molecule has 2 bridgehead atoms. The second-order valence-electron chi connectivity index (χ2n) is 7.16. The third-order valence-electron chi connectivity index (χ3n) is 6.13. The molecule has 4 heterocycles. The Morgan fingerprint density at radius 3 is 3.00 bits per heavy atom. The van der Waals surface area contributed by atoms with E-state index in [-0.39, 0.29) is 6.10 Å². The third kappa shape index (κ3) is 1.91. The standard InChI is InChI=1S/C15H24N2O2/c18-12-4-5-16-8-10-6-11(14(16)7-12)9-17-13(10)2-1-3-15(17)19/h10-14,18H,1-9H2/p+1/t10-,11-,12-,13+,14-/m0/s1. The van der Waals surface area contributed by atoms with E-state index in [0.717, 1.165) is 44.7 Å². The zero-order valence-electron chi connectivity index (χ0n) is 11.6. The van der Waals surface area contributed by atoms with Gasteiger partial charge in [-0.05, 0) is 19.3 Å². The number of carbonyl (C=O) groups is 1. The monoisotopic (exact) mass is 265 g/mol. The Labute approximate surface area is 114 Å². The summed E-state index contributed by atoms with van der Waals surface area (Å²) >= 11 is 0. The van der Waals surface area contributed by atoms with Gasteiger partial charge in [0.05, 0.1) is 25.2 Å². The fraction of sp³-hybridized carbons (Fsp3) is 0.933. The topological polar surface area (TPSA) is 45.0 Å². The molecule has 106 valence electrons. The number of aliphatic hydroxyl groups excluding tert-OH is 1. The maximum Gasteiger partial charge on any atom is 0.222 e. The lowest BCUT2D eigenvalue weighted by Gasteiger charge is -2.55. The van der Waals surface area contributed by atoms with Gasteiger partial charge in [-0.25, -0.2) is 0 Å². The van der Waals surface area contributed by atoms with Crippen molar-refractivity contribution in [1.29, 1.82) is 0 Å². The largest absolute Gasteiger partial charge is 0.393 e. The molecule has 1 unspecified atom stereocenters. The van der Waals surface area contributed by atoms with Gasteiger partial charge in [0, 0.05) is 43.7 Å². The summed E-state index contributed by atoms with van der Waals surface area (Å²) in [6.07, 6.45) is 6.22. The number of rotatable bonds is 0. The predicted molar refractivity (Wildman–Crippen MR) is 70.7 cm³/mol. The number of aliphatic hydroxyl groups is 1. The van der Waals surface area contributed by atoms with Gasteiger partial charge >= 0.3 is 0 Å². The smallest absolute Gasteiger partial charge is 0.222 e. The Kier molecular flexibility index (Phi) is 2.85. The minimum atomic E-state index is -0.0971. The number of carbonyl (C=O) groups excluding carboxylic acids is 1. The zero-order valence-corrected chi connectivity index (χ0v) is 11.6. The van der Waals surface area contributed by atoms with Gasteiger partial charge in [0.15, 0.2) is 0 Å². The lowest BCUT2D eigenvalue weighted by Crippen LogP contribution is -3.20. The first-order chi connectivity index (χ1) is 9.22. The van der Waals surface area contributed by atoms with E-state index in [1.807, 2.05) is 0 Å². The lowest BCUT2D eigenvalue weighted by molar-refractivity contribution is -0.946. The number of nitrogens with one attached hydrogen (secondary N) is 1. The van der Waals surface area contributed by atoms with Crippen LogP contribution in [0, 0.1) is 11.8 Å². The van der Waals surface area contributed by atoms with E-state index in [0.29, 0.717) is 23.9 Å². The molecule has 1 amide bonds. The number of amides is 1. The summed E-state index contributed by atoms with van der Waals surface area (Å²) in [7, 11) is 0. The van der Waals surface area contributed by atoms with Crippen molar-refractivity contribution in [1.82, 2.24) is 4.90 Å². The van der Waals surface area contributed by atoms with Crippen LogP contribution in [0.25, 0.3) is 0 Å². The number of quaternary nitrogens is 1. The molecule has 4 aliphatic heterocycles. The van der Waals surface area contributed by atoms with Gasteiger partial charge in [0.2, 0.25) is 5.91 Å². The third-order valence-corrected chi connectivity index (χ3v) is 6.13. The van der Waals surface area contributed by atoms with Crippen LogP contribution < -0.4 is 4.90 Å². The number of nitrogens with zero attached hydrogens (tertiary/aromatic N) is 1. The molecule has 0 aromatic heterocycles. The molecular weight excluding hydrogens is 240 g/mol. The number of fused-ring (bicyclic) bond motifs is 6. The highest BCUT2D eigenvalue weighted by atomic mass is 16.3. The number of hydrogen-bond donors (Lipinski definition) is 2. The van der Waals surface area contributed by atoms with Crippen molar-refractivity contribution in [2.45, 2.75) is 56.7 Å². The first-order valence-corrected chi connectivity index (χ1v) is 8.04. The maximum atomic E-state index is 12.2. The van der Waals surface area contributed by atoms with Crippen LogP contribution in [0.5, 0.6) is 0 Å².